The van der Waals surface area contributed by atoms with Crippen LogP contribution in [0, 0.1) is 11.8 Å². The van der Waals surface area contributed by atoms with Crippen LogP contribution in [0.4, 0.5) is 5.69 Å². The number of benzene rings is 1. The van der Waals surface area contributed by atoms with Crippen LogP contribution in [-0.2, 0) is 9.53 Å². The largest absolute Gasteiger partial charge is 0.492 e. The fraction of sp³-hybridized carbons (Fsp3) is 0.708. The number of nitrogens with one attached hydrogen (secondary N) is 1. The number of unbranched alkanes of at least 4 members (excludes halogenated alkanes) is 2. The van der Waals surface area contributed by atoms with Crippen molar-refractivity contribution in [3.63, 3.8) is 0 Å². The molecule has 0 aliphatic carbocycles. The molecule has 5 nitrogen and oxygen atoms in total. The van der Waals surface area contributed by atoms with E-state index in [2.05, 4.69) is 31.0 Å². The number of nitrogens with zero attached hydrogens (tertiary/aromatic N) is 1. The first kappa shape index (κ1) is 23.7. The summed E-state index contributed by atoms with van der Waals surface area (Å²) in [6, 6.07) is 7.61. The van der Waals surface area contributed by atoms with E-state index in [4.69, 9.17) is 9.47 Å². The van der Waals surface area contributed by atoms with Crippen molar-refractivity contribution >= 4 is 11.6 Å². The highest BCUT2D eigenvalue weighted by molar-refractivity contribution is 5.97. The van der Waals surface area contributed by atoms with E-state index in [0.29, 0.717) is 6.61 Å². The molecule has 29 heavy (non-hydrogen) atoms. The highest BCUT2D eigenvalue weighted by Crippen LogP contribution is 2.23. The van der Waals surface area contributed by atoms with Crippen LogP contribution in [0.2, 0.25) is 0 Å². The summed E-state index contributed by atoms with van der Waals surface area (Å²) in [6.07, 6.45) is 5.26. The highest BCUT2D eigenvalue weighted by atomic mass is 16.5. The zero-order valence-corrected chi connectivity index (χ0v) is 19.0. The lowest BCUT2D eigenvalue weighted by Gasteiger charge is -2.34. The van der Waals surface area contributed by atoms with Gasteiger partial charge in [0.1, 0.15) is 18.0 Å². The van der Waals surface area contributed by atoms with Gasteiger partial charge < -0.3 is 14.8 Å². The summed E-state index contributed by atoms with van der Waals surface area (Å²) < 4.78 is 11.4. The molecule has 164 valence electrons. The Morgan fingerprint density at radius 2 is 1.83 bits per heavy atom. The number of methoxy groups -OCH3 is 1. The summed E-state index contributed by atoms with van der Waals surface area (Å²) in [5.74, 6) is 2.26. The Bertz CT molecular complexity index is 609. The number of carbonyl (C=O) groups is 1. The third-order valence-electron chi connectivity index (χ3n) is 5.92. The first-order valence-corrected chi connectivity index (χ1v) is 11.2. The summed E-state index contributed by atoms with van der Waals surface area (Å²) in [4.78, 5) is 15.2. The molecule has 0 radical (unpaired) electrons. The summed E-state index contributed by atoms with van der Waals surface area (Å²) in [6.45, 7) is 12.6. The van der Waals surface area contributed by atoms with Crippen molar-refractivity contribution in [3.8, 4) is 5.75 Å². The maximum absolute atomic E-state index is 12.7. The van der Waals surface area contributed by atoms with Gasteiger partial charge >= 0.3 is 0 Å². The molecule has 1 saturated heterocycles. The van der Waals surface area contributed by atoms with Gasteiger partial charge in [-0.2, -0.15) is 0 Å². The van der Waals surface area contributed by atoms with Gasteiger partial charge in [-0.1, -0.05) is 40.0 Å². The molecule has 0 saturated carbocycles. The average Bonchev–Trinajstić information content (AvgIpc) is 2.68. The molecule has 1 heterocycles. The molecule has 1 amide bonds. The predicted octanol–water partition coefficient (Wildman–Crippen LogP) is 4.97. The van der Waals surface area contributed by atoms with Gasteiger partial charge in [0.15, 0.2) is 0 Å². The van der Waals surface area contributed by atoms with E-state index in [0.717, 1.165) is 68.6 Å². The number of piperidine rings is 1. The zero-order valence-electron chi connectivity index (χ0n) is 19.0. The number of ether oxygens (including phenoxy) is 2. The SMILES string of the molecule is CCCCC[C@@](C)(OC)C(=O)Nc1ccc(OCCN2C[C@H](C)C[C@@H](C)C2)cc1. The molecule has 0 spiro atoms. The fourth-order valence-corrected chi connectivity index (χ4v) is 4.19. The van der Waals surface area contributed by atoms with Gasteiger partial charge in [-0.15, -0.1) is 0 Å². The monoisotopic (exact) mass is 404 g/mol. The van der Waals surface area contributed by atoms with E-state index in [9.17, 15) is 4.79 Å². The quantitative estimate of drug-likeness (QED) is 0.529. The van der Waals surface area contributed by atoms with Gasteiger partial charge in [0.2, 0.25) is 0 Å². The predicted molar refractivity (Wildman–Crippen MR) is 120 cm³/mol. The molecule has 1 aromatic rings. The lowest BCUT2D eigenvalue weighted by Crippen LogP contribution is -2.41. The van der Waals surface area contributed by atoms with Crippen LogP contribution < -0.4 is 10.1 Å². The number of likely N-dealkylation sites (tertiary alicyclic amines) is 1. The zero-order chi connectivity index (χ0) is 21.3. The first-order chi connectivity index (χ1) is 13.9. The second-order valence-electron chi connectivity index (χ2n) is 8.92. The second-order valence-corrected chi connectivity index (χ2v) is 8.92. The van der Waals surface area contributed by atoms with Gasteiger partial charge in [-0.05, 0) is 55.9 Å². The van der Waals surface area contributed by atoms with E-state index in [1.54, 1.807) is 7.11 Å². The lowest BCUT2D eigenvalue weighted by molar-refractivity contribution is -0.136. The summed E-state index contributed by atoms with van der Waals surface area (Å²) in [5, 5.41) is 2.98. The molecule has 1 aromatic carbocycles. The molecule has 2 rings (SSSR count). The molecule has 1 aliphatic rings. The second kappa shape index (κ2) is 11.6. The minimum Gasteiger partial charge on any atom is -0.492 e. The Morgan fingerprint density at radius 1 is 1.17 bits per heavy atom. The minimum absolute atomic E-state index is 0.0990. The number of hydrogen-bond donors (Lipinski definition) is 1. The molecule has 0 unspecified atom stereocenters. The van der Waals surface area contributed by atoms with Gasteiger partial charge in [0.25, 0.3) is 5.91 Å². The normalized spacial score (nSPS) is 22.1. The number of anilines is 1. The molecule has 0 bridgehead atoms. The molecule has 1 fully saturated rings. The van der Waals surface area contributed by atoms with Crippen molar-refractivity contribution in [2.24, 2.45) is 11.8 Å². The van der Waals surface area contributed by atoms with Crippen molar-refractivity contribution in [3.05, 3.63) is 24.3 Å². The van der Waals surface area contributed by atoms with E-state index in [1.165, 1.54) is 6.42 Å². The smallest absolute Gasteiger partial charge is 0.256 e. The van der Waals surface area contributed by atoms with Crippen LogP contribution >= 0.6 is 0 Å². The van der Waals surface area contributed by atoms with Crippen LogP contribution in [-0.4, -0.2) is 49.8 Å². The van der Waals surface area contributed by atoms with Gasteiger partial charge in [-0.25, -0.2) is 0 Å². The van der Waals surface area contributed by atoms with E-state index < -0.39 is 5.60 Å². The Kier molecular flexibility index (Phi) is 9.44. The Balaban J connectivity index is 1.79. The van der Waals surface area contributed by atoms with E-state index in [1.807, 2.05) is 31.2 Å². The molecule has 1 N–H and O–H groups in total. The maximum atomic E-state index is 12.7. The molecular formula is C24H40N2O3. The van der Waals surface area contributed by atoms with Crippen LogP contribution in [0.15, 0.2) is 24.3 Å². The van der Waals surface area contributed by atoms with Gasteiger partial charge in [0, 0.05) is 32.4 Å². The van der Waals surface area contributed by atoms with Crippen LogP contribution in [0.3, 0.4) is 0 Å². The Hall–Kier alpha value is -1.59. The molecular weight excluding hydrogens is 364 g/mol. The van der Waals surface area contributed by atoms with Crippen molar-refractivity contribution < 1.29 is 14.3 Å². The van der Waals surface area contributed by atoms with Gasteiger partial charge in [0.05, 0.1) is 0 Å². The van der Waals surface area contributed by atoms with E-state index >= 15 is 0 Å². The first-order valence-electron chi connectivity index (χ1n) is 11.2. The number of amides is 1. The number of carbonyl (C=O) groups excluding carboxylic acids is 1. The van der Waals surface area contributed by atoms with Crippen LogP contribution in [0.5, 0.6) is 5.75 Å². The number of rotatable bonds is 11. The highest BCUT2D eigenvalue weighted by Gasteiger charge is 2.32. The third-order valence-corrected chi connectivity index (χ3v) is 5.92. The third kappa shape index (κ3) is 7.63. The summed E-state index contributed by atoms with van der Waals surface area (Å²) >= 11 is 0. The Labute approximate surface area is 177 Å². The summed E-state index contributed by atoms with van der Waals surface area (Å²) in [7, 11) is 1.60. The standard InChI is InChI=1S/C24H40N2O3/c1-6-7-8-13-24(4,28-5)23(27)25-21-9-11-22(12-10-21)29-15-14-26-17-19(2)16-20(3)18-26/h9-12,19-20H,6-8,13-18H2,1-5H3,(H,25,27)/t19-,20-,24-/m1/s1. The summed E-state index contributed by atoms with van der Waals surface area (Å²) in [5.41, 5.74) is -0.0349. The van der Waals surface area contributed by atoms with Crippen molar-refractivity contribution in [2.75, 3.05) is 38.7 Å². The fourth-order valence-electron chi connectivity index (χ4n) is 4.19. The Morgan fingerprint density at radius 3 is 2.41 bits per heavy atom. The lowest BCUT2D eigenvalue weighted by atomic mass is 9.92. The van der Waals surface area contributed by atoms with Crippen LogP contribution in [0.1, 0.15) is 59.8 Å². The molecule has 5 heteroatoms. The van der Waals surface area contributed by atoms with Crippen molar-refractivity contribution in [1.82, 2.24) is 4.90 Å². The topological polar surface area (TPSA) is 50.8 Å². The maximum Gasteiger partial charge on any atom is 0.256 e. The van der Waals surface area contributed by atoms with E-state index in [-0.39, 0.29) is 5.91 Å². The average molecular weight is 405 g/mol. The van der Waals surface area contributed by atoms with Crippen molar-refractivity contribution in [1.29, 1.82) is 0 Å². The molecule has 0 aromatic heterocycles. The van der Waals surface area contributed by atoms with Gasteiger partial charge in [-0.3, -0.25) is 9.69 Å². The number of hydrogen-bond acceptors (Lipinski definition) is 4. The minimum atomic E-state index is -0.799. The molecule has 3 atom stereocenters. The van der Waals surface area contributed by atoms with Crippen molar-refractivity contribution in [2.45, 2.75) is 65.4 Å². The molecule has 1 aliphatic heterocycles. The van der Waals surface area contributed by atoms with Crippen LogP contribution in [0.25, 0.3) is 0 Å².